The van der Waals surface area contributed by atoms with Crippen LogP contribution in [0.2, 0.25) is 0 Å². The van der Waals surface area contributed by atoms with Crippen molar-refractivity contribution in [3.8, 4) is 0 Å². The third-order valence-electron chi connectivity index (χ3n) is 2.31. The molecule has 1 aromatic heterocycles. The molecule has 76 valence electrons. The Morgan fingerprint density at radius 3 is 3.14 bits per heavy atom. The van der Waals surface area contributed by atoms with Crippen LogP contribution in [0.15, 0.2) is 11.7 Å². The number of carbonyl (C=O) groups is 1. The van der Waals surface area contributed by atoms with E-state index in [4.69, 9.17) is 0 Å². The molecule has 0 aliphatic carbocycles. The highest BCUT2D eigenvalue weighted by molar-refractivity contribution is 7.81. The van der Waals surface area contributed by atoms with Gasteiger partial charge in [-0.2, -0.15) is 12.6 Å². The van der Waals surface area contributed by atoms with E-state index in [1.54, 1.807) is 11.3 Å². The first-order chi connectivity index (χ1) is 6.75. The average Bonchev–Trinajstić information content (AvgIpc) is 2.72. The standard InChI is InChI=1S/C9H12N2OS2/c12-9-3-7(13)5-11(9)2-1-8-4-10-6-14-8/h4,6-7,13H,1-3,5H2. The molecule has 1 aliphatic heterocycles. The van der Waals surface area contributed by atoms with Gasteiger partial charge in [-0.1, -0.05) is 0 Å². The molecule has 1 atom stereocenters. The van der Waals surface area contributed by atoms with Gasteiger partial charge in [0.25, 0.3) is 0 Å². The Hall–Kier alpha value is -0.550. The van der Waals surface area contributed by atoms with Crippen molar-refractivity contribution >= 4 is 29.9 Å². The predicted molar refractivity (Wildman–Crippen MR) is 59.8 cm³/mol. The first kappa shape index (κ1) is 9.98. The van der Waals surface area contributed by atoms with Gasteiger partial charge in [0, 0.05) is 42.3 Å². The van der Waals surface area contributed by atoms with Gasteiger partial charge in [0.1, 0.15) is 0 Å². The Balaban J connectivity index is 1.84. The summed E-state index contributed by atoms with van der Waals surface area (Å²) in [5.74, 6) is 0.231. The summed E-state index contributed by atoms with van der Waals surface area (Å²) < 4.78 is 0. The number of amides is 1. The van der Waals surface area contributed by atoms with Crippen molar-refractivity contribution in [2.24, 2.45) is 0 Å². The topological polar surface area (TPSA) is 33.2 Å². The Labute approximate surface area is 92.6 Å². The average molecular weight is 228 g/mol. The van der Waals surface area contributed by atoms with Gasteiger partial charge in [0.2, 0.25) is 5.91 Å². The fraction of sp³-hybridized carbons (Fsp3) is 0.556. The molecule has 1 aromatic rings. The second kappa shape index (κ2) is 4.31. The van der Waals surface area contributed by atoms with Crippen LogP contribution in [0.5, 0.6) is 0 Å². The summed E-state index contributed by atoms with van der Waals surface area (Å²) in [4.78, 5) is 18.5. The minimum atomic E-state index is 0.226. The number of hydrogen-bond donors (Lipinski definition) is 1. The van der Waals surface area contributed by atoms with Gasteiger partial charge in [-0.25, -0.2) is 0 Å². The van der Waals surface area contributed by atoms with Crippen LogP contribution < -0.4 is 0 Å². The van der Waals surface area contributed by atoms with E-state index in [9.17, 15) is 4.79 Å². The van der Waals surface area contributed by atoms with Crippen molar-refractivity contribution in [3.05, 3.63) is 16.6 Å². The lowest BCUT2D eigenvalue weighted by molar-refractivity contribution is -0.127. The first-order valence-electron chi connectivity index (χ1n) is 4.59. The molecule has 2 rings (SSSR count). The third-order valence-corrected chi connectivity index (χ3v) is 3.49. The number of likely N-dealkylation sites (tertiary alicyclic amines) is 1. The van der Waals surface area contributed by atoms with Crippen molar-refractivity contribution in [1.29, 1.82) is 0 Å². The molecular formula is C9H12N2OS2. The van der Waals surface area contributed by atoms with Gasteiger partial charge in [-0.15, -0.1) is 11.3 Å². The van der Waals surface area contributed by atoms with E-state index in [1.807, 2.05) is 16.6 Å². The van der Waals surface area contributed by atoms with E-state index in [-0.39, 0.29) is 11.2 Å². The quantitative estimate of drug-likeness (QED) is 0.789. The number of hydrogen-bond acceptors (Lipinski definition) is 4. The molecule has 0 radical (unpaired) electrons. The molecule has 1 saturated heterocycles. The zero-order valence-corrected chi connectivity index (χ0v) is 9.43. The molecular weight excluding hydrogens is 216 g/mol. The molecule has 1 aliphatic rings. The van der Waals surface area contributed by atoms with Crippen molar-refractivity contribution < 1.29 is 4.79 Å². The van der Waals surface area contributed by atoms with Gasteiger partial charge < -0.3 is 4.90 Å². The highest BCUT2D eigenvalue weighted by Crippen LogP contribution is 2.16. The molecule has 0 saturated carbocycles. The molecule has 1 amide bonds. The summed E-state index contributed by atoms with van der Waals surface area (Å²) >= 11 is 5.95. The summed E-state index contributed by atoms with van der Waals surface area (Å²) in [6.45, 7) is 1.60. The van der Waals surface area contributed by atoms with Gasteiger partial charge in [0.05, 0.1) is 5.51 Å². The summed E-state index contributed by atoms with van der Waals surface area (Å²) in [7, 11) is 0. The van der Waals surface area contributed by atoms with Crippen LogP contribution in [0, 0.1) is 0 Å². The van der Waals surface area contributed by atoms with Crippen LogP contribution in [0.3, 0.4) is 0 Å². The number of nitrogens with zero attached hydrogens (tertiary/aromatic N) is 2. The van der Waals surface area contributed by atoms with Crippen LogP contribution in [0.1, 0.15) is 11.3 Å². The number of thiol groups is 1. The van der Waals surface area contributed by atoms with Crippen molar-refractivity contribution in [3.63, 3.8) is 0 Å². The summed E-state index contributed by atoms with van der Waals surface area (Å²) in [6.07, 6.45) is 3.37. The Bertz CT molecular complexity index is 313. The van der Waals surface area contributed by atoms with E-state index in [1.165, 1.54) is 4.88 Å². The molecule has 3 nitrogen and oxygen atoms in total. The lowest BCUT2D eigenvalue weighted by Gasteiger charge is -2.14. The van der Waals surface area contributed by atoms with Crippen LogP contribution in [-0.2, 0) is 11.2 Å². The zero-order chi connectivity index (χ0) is 9.97. The SMILES string of the molecule is O=C1CC(S)CN1CCc1cncs1. The fourth-order valence-electron chi connectivity index (χ4n) is 1.58. The Morgan fingerprint density at radius 1 is 1.71 bits per heavy atom. The van der Waals surface area contributed by atoms with Crippen molar-refractivity contribution in [2.75, 3.05) is 13.1 Å². The van der Waals surface area contributed by atoms with Crippen molar-refractivity contribution in [2.45, 2.75) is 18.1 Å². The minimum absolute atomic E-state index is 0.226. The summed E-state index contributed by atoms with van der Waals surface area (Å²) in [5, 5.41) is 0.226. The molecule has 0 aromatic carbocycles. The molecule has 14 heavy (non-hydrogen) atoms. The lowest BCUT2D eigenvalue weighted by Crippen LogP contribution is -2.27. The second-order valence-electron chi connectivity index (χ2n) is 3.42. The molecule has 0 N–H and O–H groups in total. The van der Waals surface area contributed by atoms with Gasteiger partial charge in [-0.05, 0) is 0 Å². The monoisotopic (exact) mass is 228 g/mol. The van der Waals surface area contributed by atoms with E-state index >= 15 is 0 Å². The Kier molecular flexibility index (Phi) is 3.08. The number of carbonyl (C=O) groups excluding carboxylic acids is 1. The molecule has 1 fully saturated rings. The largest absolute Gasteiger partial charge is 0.341 e. The number of rotatable bonds is 3. The molecule has 0 bridgehead atoms. The van der Waals surface area contributed by atoms with Crippen LogP contribution in [-0.4, -0.2) is 34.1 Å². The zero-order valence-electron chi connectivity index (χ0n) is 7.72. The molecule has 5 heteroatoms. The number of aromatic nitrogens is 1. The first-order valence-corrected chi connectivity index (χ1v) is 5.98. The van der Waals surface area contributed by atoms with Gasteiger partial charge in [-0.3, -0.25) is 9.78 Å². The van der Waals surface area contributed by atoms with E-state index in [2.05, 4.69) is 17.6 Å². The van der Waals surface area contributed by atoms with Gasteiger partial charge >= 0.3 is 0 Å². The van der Waals surface area contributed by atoms with Crippen LogP contribution >= 0.6 is 24.0 Å². The smallest absolute Gasteiger partial charge is 0.223 e. The third kappa shape index (κ3) is 2.27. The Morgan fingerprint density at radius 2 is 2.57 bits per heavy atom. The maximum atomic E-state index is 11.4. The normalized spacial score (nSPS) is 21.9. The van der Waals surface area contributed by atoms with Gasteiger partial charge in [0.15, 0.2) is 0 Å². The fourth-order valence-corrected chi connectivity index (χ4v) is 2.52. The molecule has 0 spiro atoms. The molecule has 1 unspecified atom stereocenters. The van der Waals surface area contributed by atoms with E-state index in [0.29, 0.717) is 6.42 Å². The van der Waals surface area contributed by atoms with E-state index in [0.717, 1.165) is 19.5 Å². The lowest BCUT2D eigenvalue weighted by atomic mass is 10.3. The molecule has 2 heterocycles. The van der Waals surface area contributed by atoms with E-state index < -0.39 is 0 Å². The summed E-state index contributed by atoms with van der Waals surface area (Å²) in [6, 6.07) is 0. The minimum Gasteiger partial charge on any atom is -0.341 e. The number of thiazole rings is 1. The highest BCUT2D eigenvalue weighted by Gasteiger charge is 2.26. The second-order valence-corrected chi connectivity index (χ2v) is 5.12. The van der Waals surface area contributed by atoms with Crippen LogP contribution in [0.4, 0.5) is 0 Å². The van der Waals surface area contributed by atoms with Crippen molar-refractivity contribution in [1.82, 2.24) is 9.88 Å². The maximum Gasteiger partial charge on any atom is 0.223 e. The highest BCUT2D eigenvalue weighted by atomic mass is 32.1. The van der Waals surface area contributed by atoms with Crippen LogP contribution in [0.25, 0.3) is 0 Å². The maximum absolute atomic E-state index is 11.4. The summed E-state index contributed by atoms with van der Waals surface area (Å²) in [5.41, 5.74) is 1.82. The predicted octanol–water partition coefficient (Wildman–Crippen LogP) is 1.22.